The first-order valence-electron chi connectivity index (χ1n) is 8.24. The van der Waals surface area contributed by atoms with Crippen molar-refractivity contribution in [2.75, 3.05) is 26.2 Å². The molecule has 0 unspecified atom stereocenters. The Hall–Kier alpha value is -1.06. The van der Waals surface area contributed by atoms with E-state index in [1.165, 1.54) is 19.3 Å². The van der Waals surface area contributed by atoms with Gasteiger partial charge in [0.05, 0.1) is 12.2 Å². The zero-order valence-corrected chi connectivity index (χ0v) is 14.4. The Balaban J connectivity index is 1.98. The highest BCUT2D eigenvalue weighted by Gasteiger charge is 2.16. The van der Waals surface area contributed by atoms with Gasteiger partial charge in [0, 0.05) is 18.0 Å². The molecule has 1 fully saturated rings. The van der Waals surface area contributed by atoms with Crippen LogP contribution in [-0.4, -0.2) is 36.9 Å². The number of ether oxygens (including phenoxy) is 1. The number of nitrogens with zero attached hydrogens (tertiary/aromatic N) is 1. The number of carbonyl (C=O) groups excluding carboxylic acids is 1. The van der Waals surface area contributed by atoms with Crippen molar-refractivity contribution < 1.29 is 9.53 Å². The van der Waals surface area contributed by atoms with Crippen LogP contribution in [0.25, 0.3) is 0 Å². The van der Waals surface area contributed by atoms with Crippen LogP contribution in [-0.2, 0) is 0 Å². The lowest BCUT2D eigenvalue weighted by Crippen LogP contribution is -2.31. The van der Waals surface area contributed by atoms with Gasteiger partial charge < -0.3 is 9.64 Å². The molecule has 1 aliphatic rings. The molecule has 0 saturated carbocycles. The van der Waals surface area contributed by atoms with E-state index in [0.717, 1.165) is 19.6 Å². The summed E-state index contributed by atoms with van der Waals surface area (Å²) in [5, 5.41) is 0.582. The van der Waals surface area contributed by atoms with Gasteiger partial charge in [0.1, 0.15) is 5.75 Å². The summed E-state index contributed by atoms with van der Waals surface area (Å²) in [5.74, 6) is 1.19. The summed E-state index contributed by atoms with van der Waals surface area (Å²) in [6.45, 7) is 7.84. The molecule has 2 rings (SSSR count). The van der Waals surface area contributed by atoms with Crippen molar-refractivity contribution in [2.24, 2.45) is 5.92 Å². The zero-order valence-electron chi connectivity index (χ0n) is 13.6. The highest BCUT2D eigenvalue weighted by molar-refractivity contribution is 6.31. The molecule has 0 atom stereocenters. The number of hydrogen-bond acceptors (Lipinski definition) is 3. The van der Waals surface area contributed by atoms with Crippen LogP contribution in [0.2, 0.25) is 5.02 Å². The fraction of sp³-hybridized carbons (Fsp3) is 0.611. The number of likely N-dealkylation sites (tertiary alicyclic amines) is 1. The van der Waals surface area contributed by atoms with Crippen molar-refractivity contribution in [1.82, 2.24) is 4.90 Å². The molecule has 0 amide bonds. The Bertz CT molecular complexity index is 496. The van der Waals surface area contributed by atoms with E-state index in [1.807, 2.05) is 0 Å². The average Bonchev–Trinajstić information content (AvgIpc) is 2.52. The summed E-state index contributed by atoms with van der Waals surface area (Å²) in [5.41, 5.74) is 0.616. The van der Waals surface area contributed by atoms with Crippen molar-refractivity contribution >= 4 is 17.4 Å². The molecule has 1 aliphatic heterocycles. The minimum Gasteiger partial charge on any atom is -0.493 e. The quantitative estimate of drug-likeness (QED) is 0.695. The van der Waals surface area contributed by atoms with E-state index in [4.69, 9.17) is 16.3 Å². The Kier molecular flexibility index (Phi) is 6.71. The summed E-state index contributed by atoms with van der Waals surface area (Å²) >= 11 is 6.05. The van der Waals surface area contributed by atoms with E-state index in [1.54, 1.807) is 18.2 Å². The van der Waals surface area contributed by atoms with E-state index >= 15 is 0 Å². The average molecular weight is 324 g/mol. The molecule has 122 valence electrons. The third-order valence-corrected chi connectivity index (χ3v) is 4.15. The number of ketones is 1. The second-order valence-corrected chi connectivity index (χ2v) is 6.86. The van der Waals surface area contributed by atoms with Gasteiger partial charge in [-0.1, -0.05) is 31.9 Å². The molecule has 0 N–H and O–H groups in total. The van der Waals surface area contributed by atoms with Crippen LogP contribution in [0.5, 0.6) is 5.75 Å². The first kappa shape index (κ1) is 17.3. The predicted octanol–water partition coefficient (Wildman–Crippen LogP) is 4.43. The zero-order chi connectivity index (χ0) is 15.9. The summed E-state index contributed by atoms with van der Waals surface area (Å²) in [6.07, 6.45) is 4.33. The number of carbonyl (C=O) groups is 1. The summed E-state index contributed by atoms with van der Waals surface area (Å²) < 4.78 is 5.77. The second-order valence-electron chi connectivity index (χ2n) is 6.42. The van der Waals surface area contributed by atoms with Gasteiger partial charge in [-0.25, -0.2) is 0 Å². The number of benzene rings is 1. The van der Waals surface area contributed by atoms with E-state index < -0.39 is 0 Å². The van der Waals surface area contributed by atoms with Gasteiger partial charge in [0.2, 0.25) is 0 Å². The van der Waals surface area contributed by atoms with Crippen LogP contribution in [0.4, 0.5) is 0 Å². The normalized spacial score (nSPS) is 16.0. The maximum Gasteiger partial charge on any atom is 0.167 e. The molecule has 1 aromatic rings. The van der Waals surface area contributed by atoms with Gasteiger partial charge in [0.15, 0.2) is 5.78 Å². The second kappa shape index (κ2) is 8.54. The van der Waals surface area contributed by atoms with Crippen LogP contribution in [0.3, 0.4) is 0 Å². The lowest BCUT2D eigenvalue weighted by molar-refractivity contribution is 0.0954. The topological polar surface area (TPSA) is 29.5 Å². The molecule has 0 aliphatic carbocycles. The number of rotatable bonds is 7. The molecule has 0 spiro atoms. The smallest absolute Gasteiger partial charge is 0.167 e. The van der Waals surface area contributed by atoms with Crippen LogP contribution in [0, 0.1) is 5.92 Å². The van der Waals surface area contributed by atoms with Crippen LogP contribution in [0.15, 0.2) is 18.2 Å². The molecule has 1 saturated heterocycles. The van der Waals surface area contributed by atoms with E-state index in [2.05, 4.69) is 18.7 Å². The largest absolute Gasteiger partial charge is 0.493 e. The molecule has 3 nitrogen and oxygen atoms in total. The fourth-order valence-electron chi connectivity index (χ4n) is 2.68. The number of Topliss-reactive ketones (excluding diaryl/α,β-unsaturated/α-hetero) is 1. The molecule has 0 bridgehead atoms. The summed E-state index contributed by atoms with van der Waals surface area (Å²) in [7, 11) is 0. The molecule has 1 aromatic carbocycles. The maximum absolute atomic E-state index is 12.5. The van der Waals surface area contributed by atoms with E-state index in [0.29, 0.717) is 35.3 Å². The van der Waals surface area contributed by atoms with E-state index in [-0.39, 0.29) is 5.78 Å². The van der Waals surface area contributed by atoms with Crippen molar-refractivity contribution in [1.29, 1.82) is 0 Å². The minimum absolute atomic E-state index is 0.117. The maximum atomic E-state index is 12.5. The highest BCUT2D eigenvalue weighted by Crippen LogP contribution is 2.25. The van der Waals surface area contributed by atoms with Gasteiger partial charge in [-0.2, -0.15) is 0 Å². The SMILES string of the molecule is CC(C)COc1ccc(Cl)cc1C(=O)CCN1CCCCC1. The molecular formula is C18H26ClNO2. The highest BCUT2D eigenvalue weighted by atomic mass is 35.5. The Morgan fingerprint density at radius 2 is 2.00 bits per heavy atom. The Labute approximate surface area is 138 Å². The first-order chi connectivity index (χ1) is 10.6. The van der Waals surface area contributed by atoms with Gasteiger partial charge >= 0.3 is 0 Å². The van der Waals surface area contributed by atoms with Crippen LogP contribution in [0.1, 0.15) is 49.9 Å². The van der Waals surface area contributed by atoms with E-state index in [9.17, 15) is 4.79 Å². The molecule has 4 heteroatoms. The van der Waals surface area contributed by atoms with Crippen molar-refractivity contribution in [3.05, 3.63) is 28.8 Å². The van der Waals surface area contributed by atoms with Gasteiger partial charge in [-0.3, -0.25) is 4.79 Å². The molecule has 22 heavy (non-hydrogen) atoms. The predicted molar refractivity (Wildman–Crippen MR) is 91.0 cm³/mol. The number of halogens is 1. The minimum atomic E-state index is 0.117. The van der Waals surface area contributed by atoms with Crippen LogP contribution < -0.4 is 4.74 Å². The van der Waals surface area contributed by atoms with Gasteiger partial charge in [-0.15, -0.1) is 0 Å². The monoisotopic (exact) mass is 323 g/mol. The van der Waals surface area contributed by atoms with Crippen molar-refractivity contribution in [3.8, 4) is 5.75 Å². The standard InChI is InChI=1S/C18H26ClNO2/c1-14(2)13-22-18-7-6-15(19)12-16(18)17(21)8-11-20-9-4-3-5-10-20/h6-7,12,14H,3-5,8-11,13H2,1-2H3. The lowest BCUT2D eigenvalue weighted by Gasteiger charge is -2.26. The fourth-order valence-corrected chi connectivity index (χ4v) is 2.85. The third kappa shape index (κ3) is 5.29. The van der Waals surface area contributed by atoms with Crippen molar-refractivity contribution in [3.63, 3.8) is 0 Å². The third-order valence-electron chi connectivity index (χ3n) is 3.92. The summed E-state index contributed by atoms with van der Waals surface area (Å²) in [4.78, 5) is 14.9. The van der Waals surface area contributed by atoms with Crippen molar-refractivity contribution in [2.45, 2.75) is 39.5 Å². The van der Waals surface area contributed by atoms with Gasteiger partial charge in [-0.05, 0) is 50.0 Å². The summed E-state index contributed by atoms with van der Waals surface area (Å²) in [6, 6.07) is 5.31. The Morgan fingerprint density at radius 3 is 2.68 bits per heavy atom. The van der Waals surface area contributed by atoms with Gasteiger partial charge in [0.25, 0.3) is 0 Å². The lowest BCUT2D eigenvalue weighted by atomic mass is 10.1. The van der Waals surface area contributed by atoms with Crippen LogP contribution >= 0.6 is 11.6 Å². The molecule has 0 radical (unpaired) electrons. The first-order valence-corrected chi connectivity index (χ1v) is 8.62. The molecule has 1 heterocycles. The number of piperidine rings is 1. The Morgan fingerprint density at radius 1 is 1.27 bits per heavy atom. The molecule has 0 aromatic heterocycles. The number of hydrogen-bond donors (Lipinski definition) is 0. The molecular weight excluding hydrogens is 298 g/mol.